The van der Waals surface area contributed by atoms with Crippen LogP contribution in [0.15, 0.2) is 29.2 Å². The molecule has 2 aliphatic rings. The highest BCUT2D eigenvalue weighted by Crippen LogP contribution is 2.40. The molecule has 1 N–H and O–H groups in total. The molecule has 0 spiro atoms. The highest BCUT2D eigenvalue weighted by Gasteiger charge is 2.47. The Morgan fingerprint density at radius 3 is 2.58 bits per heavy atom. The molecule has 0 saturated carbocycles. The standard InChI is InChI=1S/C17H24FNO4S/c1-13-12-19(24(21,22)16-5-3-2-4-15(16)18)9-8-17(13,20)14-6-10-23-11-7-14/h2-5,13-14,20H,6-12H2,1H3/t13-,17+/m1/s1. The zero-order chi connectivity index (χ0) is 17.4. The zero-order valence-corrected chi connectivity index (χ0v) is 14.6. The predicted molar refractivity (Wildman–Crippen MR) is 87.4 cm³/mol. The van der Waals surface area contributed by atoms with Crippen LogP contribution < -0.4 is 0 Å². The molecule has 1 aromatic rings. The van der Waals surface area contributed by atoms with E-state index >= 15 is 0 Å². The van der Waals surface area contributed by atoms with Gasteiger partial charge in [0.1, 0.15) is 10.7 Å². The Labute approximate surface area is 142 Å². The van der Waals surface area contributed by atoms with E-state index < -0.39 is 21.4 Å². The summed E-state index contributed by atoms with van der Waals surface area (Å²) in [7, 11) is -3.88. The smallest absolute Gasteiger partial charge is 0.245 e. The van der Waals surface area contributed by atoms with E-state index in [0.29, 0.717) is 19.6 Å². The van der Waals surface area contributed by atoms with Crippen molar-refractivity contribution in [3.8, 4) is 0 Å². The quantitative estimate of drug-likeness (QED) is 0.899. The topological polar surface area (TPSA) is 66.8 Å². The Morgan fingerprint density at radius 2 is 1.96 bits per heavy atom. The molecule has 2 fully saturated rings. The van der Waals surface area contributed by atoms with Crippen molar-refractivity contribution in [1.29, 1.82) is 0 Å². The molecule has 5 nitrogen and oxygen atoms in total. The number of nitrogens with zero attached hydrogens (tertiary/aromatic N) is 1. The van der Waals surface area contributed by atoms with Gasteiger partial charge in [-0.05, 0) is 43.2 Å². The lowest BCUT2D eigenvalue weighted by Gasteiger charge is -2.48. The molecular weight excluding hydrogens is 333 g/mol. The molecule has 2 aliphatic heterocycles. The molecule has 0 aliphatic carbocycles. The number of benzene rings is 1. The first-order valence-electron chi connectivity index (χ1n) is 8.40. The third-order valence-electron chi connectivity index (χ3n) is 5.48. The van der Waals surface area contributed by atoms with Crippen LogP contribution in [-0.4, -0.2) is 49.7 Å². The molecule has 7 heteroatoms. The molecule has 3 rings (SSSR count). The molecule has 24 heavy (non-hydrogen) atoms. The van der Waals surface area contributed by atoms with Crippen molar-refractivity contribution < 1.29 is 22.7 Å². The molecule has 0 unspecified atom stereocenters. The number of aliphatic hydroxyl groups is 1. The molecule has 2 heterocycles. The van der Waals surface area contributed by atoms with E-state index in [2.05, 4.69) is 0 Å². The molecular formula is C17H24FNO4S. The van der Waals surface area contributed by atoms with Crippen molar-refractivity contribution in [3.05, 3.63) is 30.1 Å². The third-order valence-corrected chi connectivity index (χ3v) is 7.37. The van der Waals surface area contributed by atoms with Gasteiger partial charge in [0, 0.05) is 26.3 Å². The minimum atomic E-state index is -3.88. The number of rotatable bonds is 3. The summed E-state index contributed by atoms with van der Waals surface area (Å²) in [5.74, 6) is -0.828. The number of ether oxygens (including phenoxy) is 1. The van der Waals surface area contributed by atoms with Crippen LogP contribution in [0.1, 0.15) is 26.2 Å². The number of halogens is 1. The highest BCUT2D eigenvalue weighted by molar-refractivity contribution is 7.89. The normalized spacial score (nSPS) is 30.4. The first kappa shape index (κ1) is 17.8. The van der Waals surface area contributed by atoms with E-state index in [9.17, 15) is 17.9 Å². The maximum absolute atomic E-state index is 13.9. The van der Waals surface area contributed by atoms with Gasteiger partial charge in [0.2, 0.25) is 10.0 Å². The van der Waals surface area contributed by atoms with Gasteiger partial charge in [-0.15, -0.1) is 0 Å². The van der Waals surface area contributed by atoms with Crippen LogP contribution in [0.2, 0.25) is 0 Å². The minimum Gasteiger partial charge on any atom is -0.389 e. The number of sulfonamides is 1. The molecule has 2 atom stereocenters. The van der Waals surface area contributed by atoms with Crippen molar-refractivity contribution in [2.75, 3.05) is 26.3 Å². The van der Waals surface area contributed by atoms with Crippen molar-refractivity contribution in [2.45, 2.75) is 36.7 Å². The third kappa shape index (κ3) is 3.10. The van der Waals surface area contributed by atoms with Crippen molar-refractivity contribution in [3.63, 3.8) is 0 Å². The van der Waals surface area contributed by atoms with E-state index in [1.807, 2.05) is 6.92 Å². The number of piperidine rings is 1. The lowest BCUT2D eigenvalue weighted by atomic mass is 9.70. The number of hydrogen-bond acceptors (Lipinski definition) is 4. The Hall–Kier alpha value is -1.02. The summed E-state index contributed by atoms with van der Waals surface area (Å²) in [6.07, 6.45) is 1.95. The maximum Gasteiger partial charge on any atom is 0.245 e. The van der Waals surface area contributed by atoms with Crippen LogP contribution >= 0.6 is 0 Å². The average Bonchev–Trinajstić information content (AvgIpc) is 2.58. The lowest BCUT2D eigenvalue weighted by Crippen LogP contribution is -2.56. The van der Waals surface area contributed by atoms with Gasteiger partial charge in [-0.3, -0.25) is 0 Å². The molecule has 1 aromatic carbocycles. The molecule has 2 saturated heterocycles. The Morgan fingerprint density at radius 1 is 1.29 bits per heavy atom. The van der Waals surface area contributed by atoms with Crippen LogP contribution in [0.3, 0.4) is 0 Å². The summed E-state index contributed by atoms with van der Waals surface area (Å²) >= 11 is 0. The molecule has 0 amide bonds. The van der Waals surface area contributed by atoms with Crippen LogP contribution in [0.25, 0.3) is 0 Å². The fourth-order valence-electron chi connectivity index (χ4n) is 3.92. The second kappa shape index (κ2) is 6.71. The molecule has 0 radical (unpaired) electrons. The summed E-state index contributed by atoms with van der Waals surface area (Å²) in [6.45, 7) is 3.55. The van der Waals surface area contributed by atoms with Crippen LogP contribution in [0.5, 0.6) is 0 Å². The second-order valence-electron chi connectivity index (χ2n) is 6.82. The van der Waals surface area contributed by atoms with Crippen molar-refractivity contribution in [1.82, 2.24) is 4.31 Å². The summed E-state index contributed by atoms with van der Waals surface area (Å²) in [6, 6.07) is 5.42. The van der Waals surface area contributed by atoms with Crippen LogP contribution in [0.4, 0.5) is 4.39 Å². The lowest BCUT2D eigenvalue weighted by molar-refractivity contribution is -0.121. The van der Waals surface area contributed by atoms with Gasteiger partial charge in [0.15, 0.2) is 0 Å². The van der Waals surface area contributed by atoms with Gasteiger partial charge in [-0.25, -0.2) is 12.8 Å². The van der Waals surface area contributed by atoms with Crippen molar-refractivity contribution >= 4 is 10.0 Å². The van der Waals surface area contributed by atoms with E-state index in [1.165, 1.54) is 22.5 Å². The average molecular weight is 357 g/mol. The monoisotopic (exact) mass is 357 g/mol. The highest BCUT2D eigenvalue weighted by atomic mass is 32.2. The molecule has 0 aromatic heterocycles. The Bertz CT molecular complexity index is 690. The Kier molecular flexibility index (Phi) is 4.97. The summed E-state index contributed by atoms with van der Waals surface area (Å²) in [4.78, 5) is -0.297. The summed E-state index contributed by atoms with van der Waals surface area (Å²) in [5.41, 5.74) is -0.884. The second-order valence-corrected chi connectivity index (χ2v) is 8.73. The number of hydrogen-bond donors (Lipinski definition) is 1. The SMILES string of the molecule is C[C@@H]1CN(S(=O)(=O)c2ccccc2F)CC[C@@]1(O)C1CCOCC1. The molecule has 134 valence electrons. The first-order chi connectivity index (χ1) is 11.4. The fraction of sp³-hybridized carbons (Fsp3) is 0.647. The van der Waals surface area contributed by atoms with Gasteiger partial charge in [-0.1, -0.05) is 19.1 Å². The largest absolute Gasteiger partial charge is 0.389 e. The van der Waals surface area contributed by atoms with Gasteiger partial charge in [0.25, 0.3) is 0 Å². The van der Waals surface area contributed by atoms with Gasteiger partial charge < -0.3 is 9.84 Å². The maximum atomic E-state index is 13.9. The zero-order valence-electron chi connectivity index (χ0n) is 13.8. The van der Waals surface area contributed by atoms with Crippen LogP contribution in [0, 0.1) is 17.7 Å². The van der Waals surface area contributed by atoms with Crippen LogP contribution in [-0.2, 0) is 14.8 Å². The van der Waals surface area contributed by atoms with Gasteiger partial charge in [0.05, 0.1) is 5.60 Å². The summed E-state index contributed by atoms with van der Waals surface area (Å²) < 4.78 is 46.0. The predicted octanol–water partition coefficient (Wildman–Crippen LogP) is 2.01. The molecule has 0 bridgehead atoms. The van der Waals surface area contributed by atoms with Crippen molar-refractivity contribution in [2.24, 2.45) is 11.8 Å². The van der Waals surface area contributed by atoms with E-state index in [0.717, 1.165) is 18.9 Å². The Balaban J connectivity index is 1.79. The minimum absolute atomic E-state index is 0.125. The van der Waals surface area contributed by atoms with E-state index in [4.69, 9.17) is 4.74 Å². The summed E-state index contributed by atoms with van der Waals surface area (Å²) in [5, 5.41) is 11.1. The fourth-order valence-corrected chi connectivity index (χ4v) is 5.51. The van der Waals surface area contributed by atoms with Gasteiger partial charge >= 0.3 is 0 Å². The van der Waals surface area contributed by atoms with Gasteiger partial charge in [-0.2, -0.15) is 4.31 Å². The van der Waals surface area contributed by atoms with E-state index in [1.54, 1.807) is 0 Å². The first-order valence-corrected chi connectivity index (χ1v) is 9.84. The van der Waals surface area contributed by atoms with E-state index in [-0.39, 0.29) is 29.8 Å².